The van der Waals surface area contributed by atoms with Gasteiger partial charge in [-0.2, -0.15) is 0 Å². The Labute approximate surface area is 123 Å². The van der Waals surface area contributed by atoms with Gasteiger partial charge >= 0.3 is 0 Å². The van der Waals surface area contributed by atoms with Crippen LogP contribution in [0.3, 0.4) is 0 Å². The molecule has 0 unspecified atom stereocenters. The van der Waals surface area contributed by atoms with E-state index in [-0.39, 0.29) is 12.5 Å². The second-order valence-corrected chi connectivity index (χ2v) is 5.35. The molecule has 0 aliphatic rings. The lowest BCUT2D eigenvalue weighted by molar-refractivity contribution is -0.124. The molecule has 0 heterocycles. The molecule has 0 atom stereocenters. The second kappa shape index (κ2) is 8.88. The third-order valence-corrected chi connectivity index (χ3v) is 3.29. The van der Waals surface area contributed by atoms with Crippen molar-refractivity contribution in [1.29, 1.82) is 0 Å². The Balaban J connectivity index is 2.41. The van der Waals surface area contributed by atoms with Crippen molar-refractivity contribution in [2.24, 2.45) is 0 Å². The Morgan fingerprint density at radius 1 is 1.37 bits per heavy atom. The largest absolute Gasteiger partial charge is 0.396 e. The van der Waals surface area contributed by atoms with Crippen molar-refractivity contribution in [3.8, 4) is 0 Å². The van der Waals surface area contributed by atoms with E-state index < -0.39 is 0 Å². The van der Waals surface area contributed by atoms with Gasteiger partial charge in [0.25, 0.3) is 0 Å². The summed E-state index contributed by atoms with van der Waals surface area (Å²) in [5.41, 5.74) is 0.997. The summed E-state index contributed by atoms with van der Waals surface area (Å²) in [6.07, 6.45) is 6.08. The lowest BCUT2D eigenvalue weighted by atomic mass is 10.2. The molecule has 0 saturated heterocycles. The number of unbranched alkanes of at least 4 members (excludes halogenated alkanes) is 2. The number of likely N-dealkylation sites (N-methyl/N-ethyl adjacent to an activating group) is 1. The van der Waals surface area contributed by atoms with E-state index in [1.165, 1.54) is 0 Å². The van der Waals surface area contributed by atoms with E-state index in [2.05, 4.69) is 15.9 Å². The highest BCUT2D eigenvalue weighted by atomic mass is 79.9. The molecule has 0 aromatic heterocycles. The maximum Gasteiger partial charge on any atom is 0.246 e. The van der Waals surface area contributed by atoms with E-state index in [9.17, 15) is 4.79 Å². The van der Waals surface area contributed by atoms with Crippen molar-refractivity contribution in [3.63, 3.8) is 0 Å². The molecule has 1 rings (SSSR count). The van der Waals surface area contributed by atoms with E-state index in [0.29, 0.717) is 0 Å². The Bertz CT molecular complexity index is 432. The number of carbonyl (C=O) groups excluding carboxylic acids is 1. The quantitative estimate of drug-likeness (QED) is 0.618. The van der Waals surface area contributed by atoms with Crippen molar-refractivity contribution < 1.29 is 9.90 Å². The first-order valence-corrected chi connectivity index (χ1v) is 7.22. The van der Waals surface area contributed by atoms with Crippen LogP contribution in [0.15, 0.2) is 34.8 Å². The summed E-state index contributed by atoms with van der Waals surface area (Å²) in [6, 6.07) is 7.81. The molecule has 3 nitrogen and oxygen atoms in total. The summed E-state index contributed by atoms with van der Waals surface area (Å²) in [6.45, 7) is 0.947. The molecular formula is C15H20BrNO2. The van der Waals surface area contributed by atoms with Crippen LogP contribution in [0.2, 0.25) is 0 Å². The number of benzene rings is 1. The van der Waals surface area contributed by atoms with Crippen LogP contribution in [0, 0.1) is 0 Å². The van der Waals surface area contributed by atoms with Crippen molar-refractivity contribution in [2.75, 3.05) is 20.2 Å². The van der Waals surface area contributed by atoms with Crippen molar-refractivity contribution in [2.45, 2.75) is 19.3 Å². The molecule has 0 bridgehead atoms. The summed E-state index contributed by atoms with van der Waals surface area (Å²) >= 11 is 3.40. The van der Waals surface area contributed by atoms with E-state index in [1.807, 2.05) is 30.3 Å². The Morgan fingerprint density at radius 2 is 2.16 bits per heavy atom. The highest BCUT2D eigenvalue weighted by Gasteiger charge is 2.03. The SMILES string of the molecule is CN(CCCCCO)C(=O)/C=C/c1cccc(Br)c1. The average molecular weight is 326 g/mol. The van der Waals surface area contributed by atoms with E-state index in [4.69, 9.17) is 5.11 Å². The zero-order valence-electron chi connectivity index (χ0n) is 11.2. The number of hydrogen-bond donors (Lipinski definition) is 1. The molecule has 1 aromatic carbocycles. The van der Waals surface area contributed by atoms with Gasteiger partial charge in [0.05, 0.1) is 0 Å². The van der Waals surface area contributed by atoms with E-state index in [1.54, 1.807) is 18.0 Å². The van der Waals surface area contributed by atoms with Crippen LogP contribution < -0.4 is 0 Å². The fourth-order valence-electron chi connectivity index (χ4n) is 1.65. The van der Waals surface area contributed by atoms with Crippen molar-refractivity contribution >= 4 is 27.9 Å². The van der Waals surface area contributed by atoms with Crippen molar-refractivity contribution in [3.05, 3.63) is 40.4 Å². The molecule has 0 aliphatic heterocycles. The third-order valence-electron chi connectivity index (χ3n) is 2.79. The highest BCUT2D eigenvalue weighted by molar-refractivity contribution is 9.10. The number of rotatable bonds is 7. The van der Waals surface area contributed by atoms with Gasteiger partial charge in [0.1, 0.15) is 0 Å². The van der Waals surface area contributed by atoms with Crippen LogP contribution in [-0.2, 0) is 4.79 Å². The molecule has 1 N–H and O–H groups in total. The zero-order chi connectivity index (χ0) is 14.1. The maximum atomic E-state index is 11.8. The summed E-state index contributed by atoms with van der Waals surface area (Å²) in [5, 5.41) is 8.68. The monoisotopic (exact) mass is 325 g/mol. The molecule has 1 aromatic rings. The average Bonchev–Trinajstić information content (AvgIpc) is 2.41. The van der Waals surface area contributed by atoms with Gasteiger partial charge < -0.3 is 10.0 Å². The fourth-order valence-corrected chi connectivity index (χ4v) is 2.07. The molecule has 19 heavy (non-hydrogen) atoms. The van der Waals surface area contributed by atoms with Gasteiger partial charge in [-0.25, -0.2) is 0 Å². The normalized spacial score (nSPS) is 10.9. The summed E-state index contributed by atoms with van der Waals surface area (Å²) in [5.74, 6) is 0.00368. The van der Waals surface area contributed by atoms with E-state index in [0.717, 1.165) is 35.8 Å². The van der Waals surface area contributed by atoms with E-state index >= 15 is 0 Å². The molecule has 0 spiro atoms. The number of amides is 1. The lowest BCUT2D eigenvalue weighted by Crippen LogP contribution is -2.25. The van der Waals surface area contributed by atoms with Crippen LogP contribution in [0.4, 0.5) is 0 Å². The molecule has 4 heteroatoms. The number of nitrogens with zero attached hydrogens (tertiary/aromatic N) is 1. The Hall–Kier alpha value is -1.13. The number of hydrogen-bond acceptors (Lipinski definition) is 2. The van der Waals surface area contributed by atoms with Crippen LogP contribution in [-0.4, -0.2) is 36.1 Å². The first-order chi connectivity index (χ1) is 9.13. The fraction of sp³-hybridized carbons (Fsp3) is 0.400. The summed E-state index contributed by atoms with van der Waals surface area (Å²) in [7, 11) is 1.80. The third kappa shape index (κ3) is 6.55. The van der Waals surface area contributed by atoms with Crippen molar-refractivity contribution in [1.82, 2.24) is 4.90 Å². The van der Waals surface area contributed by atoms with Crippen LogP contribution in [0.25, 0.3) is 6.08 Å². The first kappa shape index (κ1) is 15.9. The molecule has 104 valence electrons. The smallest absolute Gasteiger partial charge is 0.246 e. The van der Waals surface area contributed by atoms with Gasteiger partial charge in [0.2, 0.25) is 5.91 Å². The van der Waals surface area contributed by atoms with Gasteiger partial charge in [-0.1, -0.05) is 28.1 Å². The van der Waals surface area contributed by atoms with Gasteiger partial charge in [-0.05, 0) is 43.0 Å². The van der Waals surface area contributed by atoms with Crippen LogP contribution >= 0.6 is 15.9 Å². The number of aliphatic hydroxyl groups excluding tert-OH is 1. The molecule has 0 fully saturated rings. The lowest BCUT2D eigenvalue weighted by Gasteiger charge is -2.14. The minimum absolute atomic E-state index is 0.00368. The topological polar surface area (TPSA) is 40.5 Å². The van der Waals surface area contributed by atoms with Gasteiger partial charge in [-0.15, -0.1) is 0 Å². The summed E-state index contributed by atoms with van der Waals surface area (Å²) in [4.78, 5) is 13.5. The zero-order valence-corrected chi connectivity index (χ0v) is 12.8. The molecule has 1 amide bonds. The standard InChI is InChI=1S/C15H20BrNO2/c1-17(10-3-2-4-11-18)15(19)9-8-13-6-5-7-14(16)12-13/h5-9,12,18H,2-4,10-11H2,1H3/b9-8+. The number of carbonyl (C=O) groups is 1. The highest BCUT2D eigenvalue weighted by Crippen LogP contribution is 2.12. The molecule has 0 aliphatic carbocycles. The second-order valence-electron chi connectivity index (χ2n) is 4.43. The van der Waals surface area contributed by atoms with Gasteiger partial charge in [-0.3, -0.25) is 4.79 Å². The van der Waals surface area contributed by atoms with Crippen LogP contribution in [0.1, 0.15) is 24.8 Å². The van der Waals surface area contributed by atoms with Gasteiger partial charge in [0.15, 0.2) is 0 Å². The predicted octanol–water partition coefficient (Wildman–Crippen LogP) is 3.08. The number of aliphatic hydroxyl groups is 1. The van der Waals surface area contributed by atoms with Gasteiger partial charge in [0, 0.05) is 30.7 Å². The molecule has 0 radical (unpaired) electrons. The summed E-state index contributed by atoms with van der Waals surface area (Å²) < 4.78 is 0.999. The minimum Gasteiger partial charge on any atom is -0.396 e. The van der Waals surface area contributed by atoms with Crippen LogP contribution in [0.5, 0.6) is 0 Å². The number of halogens is 1. The first-order valence-electron chi connectivity index (χ1n) is 6.43. The Kier molecular flexibility index (Phi) is 7.45. The maximum absolute atomic E-state index is 11.8. The molecule has 0 saturated carbocycles. The molecular weight excluding hydrogens is 306 g/mol. The Morgan fingerprint density at radius 3 is 2.84 bits per heavy atom. The predicted molar refractivity (Wildman–Crippen MR) is 81.7 cm³/mol. The minimum atomic E-state index is 0.00368.